The van der Waals surface area contributed by atoms with Gasteiger partial charge in [0.15, 0.2) is 0 Å². The highest BCUT2D eigenvalue weighted by Gasteiger charge is 2.35. The summed E-state index contributed by atoms with van der Waals surface area (Å²) in [6, 6.07) is 16.3. The maximum Gasteiger partial charge on any atom is 0.335 e. The molecule has 0 aliphatic heterocycles. The van der Waals surface area contributed by atoms with Crippen molar-refractivity contribution in [2.75, 3.05) is 33.5 Å². The largest absolute Gasteiger partial charge is 0.462 e. The number of ether oxygens (including phenoxy) is 3. The van der Waals surface area contributed by atoms with Crippen molar-refractivity contribution in [3.8, 4) is 11.1 Å². The lowest BCUT2D eigenvalue weighted by Crippen LogP contribution is -2.33. The van der Waals surface area contributed by atoms with Gasteiger partial charge in [-0.25, -0.2) is 9.59 Å². The minimum absolute atomic E-state index is 0.0208. The zero-order valence-electron chi connectivity index (χ0n) is 29.6. The highest BCUT2D eigenvalue weighted by molar-refractivity contribution is 5.88. The van der Waals surface area contributed by atoms with E-state index in [1.54, 1.807) is 0 Å². The van der Waals surface area contributed by atoms with Gasteiger partial charge in [0.25, 0.3) is 0 Å². The maximum atomic E-state index is 12.4. The monoisotopic (exact) mass is 658 g/mol. The Morgan fingerprint density at radius 2 is 1.44 bits per heavy atom. The Bertz CT molecular complexity index is 1340. The van der Waals surface area contributed by atoms with E-state index in [2.05, 4.69) is 69.5 Å². The molecule has 262 valence electrons. The molecule has 0 spiro atoms. The highest BCUT2D eigenvalue weighted by atomic mass is 16.5. The number of hydrogen-bond donors (Lipinski definition) is 1. The Morgan fingerprint density at radius 3 is 2.00 bits per heavy atom. The van der Waals surface area contributed by atoms with Gasteiger partial charge in [0.2, 0.25) is 0 Å². The van der Waals surface area contributed by atoms with Gasteiger partial charge < -0.3 is 19.3 Å². The molecule has 0 radical (unpaired) electrons. The molecule has 48 heavy (non-hydrogen) atoms. The van der Waals surface area contributed by atoms with E-state index < -0.39 is 18.5 Å². The van der Waals surface area contributed by atoms with Crippen molar-refractivity contribution in [3.63, 3.8) is 0 Å². The van der Waals surface area contributed by atoms with Crippen LogP contribution >= 0.6 is 0 Å². The van der Waals surface area contributed by atoms with Gasteiger partial charge in [-0.15, -0.1) is 0 Å². The summed E-state index contributed by atoms with van der Waals surface area (Å²) in [5.74, 6) is 1.15. The van der Waals surface area contributed by atoms with Crippen molar-refractivity contribution in [1.29, 1.82) is 0 Å². The number of hydrogen-bond acceptors (Lipinski definition) is 6. The van der Waals surface area contributed by atoms with Crippen LogP contribution in [0.3, 0.4) is 0 Å². The lowest BCUT2D eigenvalue weighted by molar-refractivity contribution is -0.146. The third kappa shape index (κ3) is 10.6. The standard InChI is InChI=1S/C42H58O6/c1-6-7-8-9-32-10-12-37(13-11-32)40-23-22-38(24-29(40)2)35-18-14-33(15-19-35)34-16-20-36(21-17-34)39(27-47-41(44)30(3)25-43)28-48-42(45)31(4)26-46-5/h10-13,22-24,33-36,39,43H,3-4,6-9,14-21,25-28H2,1-2,5H3. The number of unbranched alkanes of at least 4 members (excludes halogenated alkanes) is 2. The van der Waals surface area contributed by atoms with Gasteiger partial charge in [-0.3, -0.25) is 0 Å². The number of carbonyl (C=O) groups excluding carboxylic acids is 2. The molecule has 1 unspecified atom stereocenters. The molecule has 0 heterocycles. The molecule has 2 fully saturated rings. The molecule has 4 rings (SSSR count). The normalized spacial score (nSPS) is 21.7. The smallest absolute Gasteiger partial charge is 0.335 e. The van der Waals surface area contributed by atoms with Crippen LogP contribution in [0.4, 0.5) is 0 Å². The van der Waals surface area contributed by atoms with Crippen molar-refractivity contribution >= 4 is 11.9 Å². The molecule has 1 N–H and O–H groups in total. The molecule has 0 aromatic heterocycles. The number of carbonyl (C=O) groups is 2. The van der Waals surface area contributed by atoms with Crippen molar-refractivity contribution in [1.82, 2.24) is 0 Å². The first-order chi connectivity index (χ1) is 23.2. The molecule has 0 saturated heterocycles. The molecular formula is C42H58O6. The van der Waals surface area contributed by atoms with E-state index in [-0.39, 0.29) is 42.8 Å². The lowest BCUT2D eigenvalue weighted by Gasteiger charge is -2.39. The van der Waals surface area contributed by atoms with Crippen LogP contribution in [0.15, 0.2) is 66.8 Å². The van der Waals surface area contributed by atoms with Crippen LogP contribution in [0.1, 0.15) is 100 Å². The molecule has 0 bridgehead atoms. The quantitative estimate of drug-likeness (QED) is 0.104. The first kappa shape index (κ1) is 37.6. The maximum absolute atomic E-state index is 12.4. The first-order valence-corrected chi connectivity index (χ1v) is 18.2. The van der Waals surface area contributed by atoms with E-state index in [0.717, 1.165) is 31.6 Å². The van der Waals surface area contributed by atoms with E-state index in [4.69, 9.17) is 14.2 Å². The van der Waals surface area contributed by atoms with Gasteiger partial charge in [0.1, 0.15) is 0 Å². The molecule has 2 saturated carbocycles. The molecule has 2 aromatic rings. The van der Waals surface area contributed by atoms with E-state index >= 15 is 0 Å². The Balaban J connectivity index is 1.27. The number of aliphatic hydroxyl groups excluding tert-OH is 1. The van der Waals surface area contributed by atoms with E-state index in [1.807, 2.05) is 0 Å². The van der Waals surface area contributed by atoms with Gasteiger partial charge >= 0.3 is 11.9 Å². The number of benzene rings is 2. The van der Waals surface area contributed by atoms with E-state index in [1.165, 1.54) is 86.3 Å². The van der Waals surface area contributed by atoms with Gasteiger partial charge in [-0.1, -0.05) is 75.4 Å². The average Bonchev–Trinajstić information content (AvgIpc) is 3.11. The van der Waals surface area contributed by atoms with Crippen LogP contribution in [0.2, 0.25) is 0 Å². The summed E-state index contributed by atoms with van der Waals surface area (Å²) in [6.45, 7) is 11.8. The van der Waals surface area contributed by atoms with Gasteiger partial charge in [0.05, 0.1) is 37.6 Å². The number of esters is 2. The Hall–Kier alpha value is -3.22. The Kier molecular flexibility index (Phi) is 15.0. The third-order valence-corrected chi connectivity index (χ3v) is 10.9. The summed E-state index contributed by atoms with van der Waals surface area (Å²) in [6.07, 6.45) is 14.3. The zero-order chi connectivity index (χ0) is 34.5. The predicted molar refractivity (Wildman–Crippen MR) is 193 cm³/mol. The number of aryl methyl sites for hydroxylation is 2. The fourth-order valence-corrected chi connectivity index (χ4v) is 7.89. The van der Waals surface area contributed by atoms with Crippen LogP contribution in [0, 0.1) is 30.6 Å². The first-order valence-electron chi connectivity index (χ1n) is 18.2. The molecule has 1 atom stereocenters. The van der Waals surface area contributed by atoms with Crippen molar-refractivity contribution in [2.24, 2.45) is 23.7 Å². The Morgan fingerprint density at radius 1 is 0.833 bits per heavy atom. The SMILES string of the molecule is C=C(CO)C(=O)OCC(COC(=O)C(=C)COC)C1CCC(C2CCC(c3ccc(-c4ccc(CCCCC)cc4)c(C)c3)CC2)CC1. The minimum Gasteiger partial charge on any atom is -0.462 e. The Labute approximate surface area is 289 Å². The predicted octanol–water partition coefficient (Wildman–Crippen LogP) is 8.93. The summed E-state index contributed by atoms with van der Waals surface area (Å²) >= 11 is 0. The second kappa shape index (κ2) is 19.1. The molecule has 0 amide bonds. The van der Waals surface area contributed by atoms with Gasteiger partial charge in [-0.2, -0.15) is 0 Å². The van der Waals surface area contributed by atoms with Crippen LogP contribution < -0.4 is 0 Å². The highest BCUT2D eigenvalue weighted by Crippen LogP contribution is 2.45. The van der Waals surface area contributed by atoms with Gasteiger partial charge in [-0.05, 0) is 123 Å². The fourth-order valence-electron chi connectivity index (χ4n) is 7.89. The van der Waals surface area contributed by atoms with Crippen molar-refractivity contribution in [2.45, 2.75) is 96.8 Å². The minimum atomic E-state index is -0.611. The molecular weight excluding hydrogens is 600 g/mol. The summed E-state index contributed by atoms with van der Waals surface area (Å²) in [4.78, 5) is 24.6. The third-order valence-electron chi connectivity index (χ3n) is 10.9. The van der Waals surface area contributed by atoms with Crippen molar-refractivity contribution in [3.05, 3.63) is 83.5 Å². The fraction of sp³-hybridized carbons (Fsp3) is 0.571. The summed E-state index contributed by atoms with van der Waals surface area (Å²) in [5.41, 5.74) is 7.21. The number of rotatable bonds is 17. The lowest BCUT2D eigenvalue weighted by atomic mass is 9.67. The van der Waals surface area contributed by atoms with E-state index in [9.17, 15) is 14.7 Å². The second-order valence-corrected chi connectivity index (χ2v) is 14.3. The summed E-state index contributed by atoms with van der Waals surface area (Å²) in [7, 11) is 1.51. The topological polar surface area (TPSA) is 82.1 Å². The van der Waals surface area contributed by atoms with Crippen molar-refractivity contribution < 1.29 is 28.9 Å². The summed E-state index contributed by atoms with van der Waals surface area (Å²) < 4.78 is 16.0. The molecule has 6 heteroatoms. The van der Waals surface area contributed by atoms with Crippen LogP contribution in [-0.4, -0.2) is 50.6 Å². The average molecular weight is 659 g/mol. The van der Waals surface area contributed by atoms with Gasteiger partial charge in [0, 0.05) is 13.0 Å². The van der Waals surface area contributed by atoms with E-state index in [0.29, 0.717) is 11.8 Å². The van der Waals surface area contributed by atoms with Crippen LogP contribution in [0.5, 0.6) is 0 Å². The number of aliphatic hydroxyl groups is 1. The molecule has 2 aromatic carbocycles. The zero-order valence-corrected chi connectivity index (χ0v) is 29.6. The second-order valence-electron chi connectivity index (χ2n) is 14.3. The van der Waals surface area contributed by atoms with Crippen LogP contribution in [0.25, 0.3) is 11.1 Å². The molecule has 2 aliphatic rings. The number of methoxy groups -OCH3 is 1. The van der Waals surface area contributed by atoms with Crippen LogP contribution in [-0.2, 0) is 30.2 Å². The molecule has 6 nitrogen and oxygen atoms in total. The summed E-state index contributed by atoms with van der Waals surface area (Å²) in [5, 5.41) is 9.25. The molecule has 2 aliphatic carbocycles.